The van der Waals surface area contributed by atoms with Crippen LogP contribution < -0.4 is 149 Å². The van der Waals surface area contributed by atoms with Crippen molar-refractivity contribution in [2.24, 2.45) is 25.4 Å². The monoisotopic (exact) mass is 1110 g/mol. The predicted molar refractivity (Wildman–Crippen MR) is 210 cm³/mol. The predicted octanol–water partition coefficient (Wildman–Crippen LogP) is -8.21. The van der Waals surface area contributed by atoms with Crippen LogP contribution in [-0.4, -0.2) is 65.0 Å². The van der Waals surface area contributed by atoms with Gasteiger partial charge in [0.2, 0.25) is 0 Å². The molecule has 0 spiro atoms. The molecular formula is C35H21ClCuN6Na4O17S4. The van der Waals surface area contributed by atoms with Crippen molar-refractivity contribution in [2.75, 3.05) is 12.4 Å². The summed E-state index contributed by atoms with van der Waals surface area (Å²) in [5.74, 6) is -3.40. The number of benzene rings is 6. The van der Waals surface area contributed by atoms with Crippen molar-refractivity contribution in [1.82, 2.24) is 0 Å². The number of ether oxygens (including phenoxy) is 1. The van der Waals surface area contributed by atoms with Crippen LogP contribution in [-0.2, 0) is 57.5 Å². The molecule has 0 aliphatic carbocycles. The zero-order chi connectivity index (χ0) is 46.6. The van der Waals surface area contributed by atoms with Gasteiger partial charge in [0.05, 0.1) is 50.6 Å². The number of azo groups is 2. The summed E-state index contributed by atoms with van der Waals surface area (Å²) in [5, 5.41) is 67.2. The van der Waals surface area contributed by atoms with Gasteiger partial charge in [-0.3, -0.25) is 9.11 Å². The number of nitrogens with one attached hydrogen (secondary N) is 1. The zero-order valence-electron chi connectivity index (χ0n) is 35.5. The van der Waals surface area contributed by atoms with E-state index in [4.69, 9.17) is 16.3 Å². The SMILES string of the molecule is COc1cc(N=Nc2cc(S(=O)(=O)[O-])cc3cc(S(=O)(=O)[O-])cc([O-])c23)c(C)cc1N=C([O-])Nc1ccc2c([O-])c(N=Nc3cc(S(=O)(=O)O)cc(Cl)c3[O-])c(S(=O)(=O)O)cc2c1.[Cu+2].[Na+].[Na+].[Na+].[Na+]. The van der Waals surface area contributed by atoms with Crippen LogP contribution in [0.3, 0.4) is 0 Å². The third-order valence-electron chi connectivity index (χ3n) is 8.61. The molecule has 0 aliphatic heterocycles. The second-order valence-electron chi connectivity index (χ2n) is 12.8. The van der Waals surface area contributed by atoms with Gasteiger partial charge in [-0.25, -0.2) is 21.8 Å². The molecule has 6 rings (SSSR count). The molecule has 33 heteroatoms. The second kappa shape index (κ2) is 24.6. The minimum atomic E-state index is -5.25. The quantitative estimate of drug-likeness (QED) is 0.0357. The van der Waals surface area contributed by atoms with Crippen molar-refractivity contribution in [1.29, 1.82) is 0 Å². The summed E-state index contributed by atoms with van der Waals surface area (Å²) in [6.45, 7) is 1.47. The number of hydrogen-bond acceptors (Lipinski definition) is 20. The van der Waals surface area contributed by atoms with Gasteiger partial charge in [-0.1, -0.05) is 41.0 Å². The van der Waals surface area contributed by atoms with Crippen LogP contribution in [0.1, 0.15) is 5.56 Å². The molecule has 6 aromatic carbocycles. The Labute approximate surface area is 490 Å². The van der Waals surface area contributed by atoms with E-state index in [0.717, 1.165) is 24.3 Å². The van der Waals surface area contributed by atoms with Crippen LogP contribution in [0.25, 0.3) is 21.5 Å². The number of halogens is 1. The molecule has 0 fully saturated rings. The molecule has 68 heavy (non-hydrogen) atoms. The minimum absolute atomic E-state index is 0. The molecule has 0 atom stereocenters. The largest absolute Gasteiger partial charge is 2.00 e. The van der Waals surface area contributed by atoms with Crippen LogP contribution in [0.4, 0.5) is 34.1 Å². The number of hydrogen-bond donors (Lipinski definition) is 3. The number of nitrogens with zero attached hydrogens (tertiary/aromatic N) is 5. The number of anilines is 1. The number of amidine groups is 1. The van der Waals surface area contributed by atoms with E-state index in [1.54, 1.807) is 0 Å². The standard InChI is InChI=1S/C35H27ClN6O17S4.Cu.4Na/c1-15-5-25(29(59-2)14-24(15)39-40-26-11-19(60(47,48)49)7-17-8-20(61(50,51)52)13-28(43)31(17)26)38-35(46)37-18-3-4-22-16(6-18)9-30(63(56,57)58)32(33(22)44)42-41-27-12-21(62(53,54)55)10-23(36)34(27)45;;;;;/h3-14,43-45H,1-2H3,(H2,37,38,46)(H,47,48,49)(H,50,51,52)(H,53,54,55)(H,56,57,58);;;;;/q;+2;4*+1/p-6. The first-order valence-corrected chi connectivity index (χ1v) is 22.7. The van der Waals surface area contributed by atoms with Gasteiger partial charge in [0.15, 0.2) is 0 Å². The molecule has 0 heterocycles. The molecule has 0 saturated carbocycles. The average Bonchev–Trinajstić information content (AvgIpc) is 3.16. The Morgan fingerprint density at radius 2 is 1.21 bits per heavy atom. The Balaban J connectivity index is 0.00000462. The van der Waals surface area contributed by atoms with Crippen molar-refractivity contribution in [2.45, 2.75) is 26.5 Å². The summed E-state index contributed by atoms with van der Waals surface area (Å²) in [5.41, 5.74) is -2.21. The van der Waals surface area contributed by atoms with Crippen LogP contribution in [0, 0.1) is 6.92 Å². The number of aliphatic imine (C=N–C) groups is 1. The normalized spacial score (nSPS) is 12.1. The summed E-state index contributed by atoms with van der Waals surface area (Å²) in [4.78, 5) is 0.0707. The topological polar surface area (TPSA) is 398 Å². The van der Waals surface area contributed by atoms with Gasteiger partial charge in [-0.05, 0) is 83.2 Å². The Bertz CT molecular complexity index is 3520. The van der Waals surface area contributed by atoms with Gasteiger partial charge in [0, 0.05) is 22.2 Å². The van der Waals surface area contributed by atoms with Crippen LogP contribution in [0.15, 0.2) is 118 Å². The van der Waals surface area contributed by atoms with Crippen molar-refractivity contribution in [3.05, 3.63) is 83.4 Å². The molecule has 1 radical (unpaired) electrons. The molecule has 0 amide bonds. The van der Waals surface area contributed by atoms with E-state index in [9.17, 15) is 72.3 Å². The van der Waals surface area contributed by atoms with Gasteiger partial charge in [-0.2, -0.15) is 27.1 Å². The van der Waals surface area contributed by atoms with Gasteiger partial charge < -0.3 is 39.6 Å². The summed E-state index contributed by atoms with van der Waals surface area (Å²) in [6.07, 6.45) is 0. The van der Waals surface area contributed by atoms with Crippen molar-refractivity contribution >= 4 is 114 Å². The third-order valence-corrected chi connectivity index (χ3v) is 12.2. The van der Waals surface area contributed by atoms with Gasteiger partial charge in [0.25, 0.3) is 20.2 Å². The zero-order valence-corrected chi connectivity index (χ0v) is 48.5. The fourth-order valence-electron chi connectivity index (χ4n) is 5.75. The van der Waals surface area contributed by atoms with E-state index in [2.05, 4.69) is 30.8 Å². The molecule has 339 valence electrons. The van der Waals surface area contributed by atoms with E-state index in [1.165, 1.54) is 32.2 Å². The smallest absolute Gasteiger partial charge is 0.872 e. The Hall–Kier alpha value is -2.04. The molecule has 0 bridgehead atoms. The van der Waals surface area contributed by atoms with Gasteiger partial charge >= 0.3 is 135 Å². The summed E-state index contributed by atoms with van der Waals surface area (Å²) < 4.78 is 143. The van der Waals surface area contributed by atoms with Gasteiger partial charge in [-0.15, -0.1) is 10.2 Å². The summed E-state index contributed by atoms with van der Waals surface area (Å²) in [6, 6.07) is 9.53. The fraction of sp³-hybridized carbons (Fsp3) is 0.0571. The van der Waals surface area contributed by atoms with Gasteiger partial charge in [0.1, 0.15) is 36.6 Å². The van der Waals surface area contributed by atoms with Crippen LogP contribution >= 0.6 is 11.6 Å². The van der Waals surface area contributed by atoms with Crippen molar-refractivity contribution < 1.29 is 212 Å². The summed E-state index contributed by atoms with van der Waals surface area (Å²) >= 11 is 5.74. The summed E-state index contributed by atoms with van der Waals surface area (Å²) in [7, 11) is -19.3. The Morgan fingerprint density at radius 3 is 1.76 bits per heavy atom. The minimum Gasteiger partial charge on any atom is -0.872 e. The number of fused-ring (bicyclic) bond motifs is 2. The van der Waals surface area contributed by atoms with Crippen molar-refractivity contribution in [3.63, 3.8) is 0 Å². The average molecular weight is 1120 g/mol. The first-order chi connectivity index (χ1) is 29.1. The number of aryl methyl sites for hydroxylation is 1. The number of rotatable bonds is 11. The van der Waals surface area contributed by atoms with Crippen LogP contribution in [0.2, 0.25) is 5.02 Å². The Morgan fingerprint density at radius 1 is 0.647 bits per heavy atom. The molecule has 3 N–H and O–H groups in total. The molecule has 0 aliphatic rings. The van der Waals surface area contributed by atoms with E-state index >= 15 is 0 Å². The molecule has 0 aromatic heterocycles. The first-order valence-electron chi connectivity index (χ1n) is 16.6. The maximum absolute atomic E-state index is 13.4. The molecule has 0 saturated heterocycles. The van der Waals surface area contributed by atoms with E-state index < -0.39 is 111 Å². The van der Waals surface area contributed by atoms with Crippen molar-refractivity contribution in [3.8, 4) is 23.0 Å². The van der Waals surface area contributed by atoms with Crippen LogP contribution in [0.5, 0.6) is 23.0 Å². The molecular weight excluding hydrogens is 1100 g/mol. The third kappa shape index (κ3) is 14.8. The number of methoxy groups -OCH3 is 1. The molecule has 6 aromatic rings. The van der Waals surface area contributed by atoms with E-state index in [1.807, 2.05) is 0 Å². The second-order valence-corrected chi connectivity index (χ2v) is 18.8. The molecule has 23 nitrogen and oxygen atoms in total. The van der Waals surface area contributed by atoms with E-state index in [-0.39, 0.29) is 180 Å². The van der Waals surface area contributed by atoms with E-state index in [0.29, 0.717) is 30.3 Å². The maximum Gasteiger partial charge on any atom is 2.00 e. The maximum atomic E-state index is 13.4. The fourth-order valence-corrected chi connectivity index (χ4v) is 8.26. The first kappa shape index (κ1) is 64.0. The Kier molecular flexibility index (Phi) is 23.1. The molecule has 0 unspecified atom stereocenters.